The normalized spacial score (nSPS) is 11.9. The molecular weight excluding hydrogens is 717 g/mol. The number of benzene rings is 8. The molecule has 0 fully saturated rings. The molecule has 0 bridgehead atoms. The topological polar surface area (TPSA) is 56.7 Å². The molecule has 0 N–H and O–H groups in total. The largest absolute Gasteiger partial charge is 0.456 e. The van der Waals surface area contributed by atoms with E-state index in [1.54, 1.807) is 0 Å². The molecule has 0 atom stereocenters. The molecule has 4 aromatic heterocycles. The third-order valence-corrected chi connectivity index (χ3v) is 12.3. The van der Waals surface area contributed by atoms with E-state index in [0.717, 1.165) is 60.6 Å². The van der Waals surface area contributed by atoms with Gasteiger partial charge >= 0.3 is 0 Å². The number of para-hydroxylation sites is 2. The highest BCUT2D eigenvalue weighted by Crippen LogP contribution is 2.43. The van der Waals surface area contributed by atoms with E-state index in [2.05, 4.69) is 150 Å². The molecule has 0 saturated heterocycles. The Balaban J connectivity index is 1.06. The number of rotatable bonds is 5. The summed E-state index contributed by atoms with van der Waals surface area (Å²) in [5.74, 6) is 1.77. The molecule has 12 rings (SSSR count). The quantitative estimate of drug-likeness (QED) is 0.176. The van der Waals surface area contributed by atoms with Gasteiger partial charge in [0.2, 0.25) is 5.95 Å². The van der Waals surface area contributed by atoms with E-state index in [9.17, 15) is 0 Å². The van der Waals surface area contributed by atoms with Crippen LogP contribution < -0.4 is 0 Å². The molecule has 57 heavy (non-hydrogen) atoms. The summed E-state index contributed by atoms with van der Waals surface area (Å²) in [5.41, 5.74) is 10.3. The Bertz CT molecular complexity index is 3510. The number of thiophene rings is 1. The van der Waals surface area contributed by atoms with E-state index in [1.165, 1.54) is 36.7 Å². The predicted octanol–water partition coefficient (Wildman–Crippen LogP) is 13.9. The van der Waals surface area contributed by atoms with Gasteiger partial charge in [-0.05, 0) is 58.7 Å². The zero-order valence-electron chi connectivity index (χ0n) is 30.4. The lowest BCUT2D eigenvalue weighted by molar-refractivity contribution is 0.669. The van der Waals surface area contributed by atoms with Crippen LogP contribution in [0.3, 0.4) is 0 Å². The highest BCUT2D eigenvalue weighted by atomic mass is 32.1. The molecule has 0 amide bonds. The molecule has 0 radical (unpaired) electrons. The Labute approximate surface area is 330 Å². The highest BCUT2D eigenvalue weighted by molar-refractivity contribution is 7.26. The first kappa shape index (κ1) is 31.9. The average molecular weight is 747 g/mol. The monoisotopic (exact) mass is 746 g/mol. The Hall–Kier alpha value is -7.41. The number of nitrogens with zero attached hydrogens (tertiary/aromatic N) is 4. The zero-order chi connectivity index (χ0) is 37.5. The molecule has 0 unspecified atom stereocenters. The SMILES string of the molecule is c1ccc(-c2ccc(-c3ccc(-c4nc(-c5ccc6oc7ccccc7c6c5)nc(-n5c6ccccc6c6ccc7c8ccccc8sc7c65)n4)cc3)cc2)cc1. The van der Waals surface area contributed by atoms with Crippen molar-refractivity contribution >= 4 is 75.3 Å². The van der Waals surface area contributed by atoms with E-state index in [4.69, 9.17) is 19.4 Å². The fourth-order valence-corrected chi connectivity index (χ4v) is 9.56. The molecule has 0 aliphatic heterocycles. The predicted molar refractivity (Wildman–Crippen MR) is 236 cm³/mol. The molecular formula is C51H30N4OS. The molecule has 0 spiro atoms. The molecule has 0 aliphatic carbocycles. The van der Waals surface area contributed by atoms with Gasteiger partial charge in [0, 0.05) is 48.1 Å². The Morgan fingerprint density at radius 2 is 0.947 bits per heavy atom. The van der Waals surface area contributed by atoms with Gasteiger partial charge in [-0.25, -0.2) is 4.98 Å². The molecule has 266 valence electrons. The minimum absolute atomic E-state index is 0.573. The Kier molecular flexibility index (Phi) is 7.03. The number of furan rings is 1. The number of aromatic nitrogens is 4. The van der Waals surface area contributed by atoms with Crippen molar-refractivity contribution in [1.82, 2.24) is 19.5 Å². The van der Waals surface area contributed by atoms with Crippen molar-refractivity contribution in [3.05, 3.63) is 182 Å². The summed E-state index contributed by atoms with van der Waals surface area (Å²) in [6.45, 7) is 0. The summed E-state index contributed by atoms with van der Waals surface area (Å²) in [6.07, 6.45) is 0. The van der Waals surface area contributed by atoms with Crippen LogP contribution >= 0.6 is 11.3 Å². The van der Waals surface area contributed by atoms with Crippen LogP contribution in [0.1, 0.15) is 0 Å². The van der Waals surface area contributed by atoms with E-state index in [1.807, 2.05) is 47.7 Å². The lowest BCUT2D eigenvalue weighted by Gasteiger charge is -2.12. The molecule has 5 nitrogen and oxygen atoms in total. The van der Waals surface area contributed by atoms with Crippen molar-refractivity contribution in [2.45, 2.75) is 0 Å². The van der Waals surface area contributed by atoms with Crippen LogP contribution in [-0.2, 0) is 0 Å². The second-order valence-corrected chi connectivity index (χ2v) is 15.5. The summed E-state index contributed by atoms with van der Waals surface area (Å²) in [4.78, 5) is 15.8. The average Bonchev–Trinajstić information content (AvgIpc) is 3.96. The maximum absolute atomic E-state index is 6.20. The van der Waals surface area contributed by atoms with Gasteiger partial charge in [0.15, 0.2) is 11.6 Å². The van der Waals surface area contributed by atoms with Crippen LogP contribution in [0.15, 0.2) is 186 Å². The molecule has 0 saturated carbocycles. The summed E-state index contributed by atoms with van der Waals surface area (Å²) < 4.78 is 10.9. The third-order valence-electron chi connectivity index (χ3n) is 11.1. The lowest BCUT2D eigenvalue weighted by Crippen LogP contribution is -2.06. The maximum atomic E-state index is 6.20. The van der Waals surface area contributed by atoms with Gasteiger partial charge in [-0.15, -0.1) is 11.3 Å². The van der Waals surface area contributed by atoms with Crippen molar-refractivity contribution in [2.75, 3.05) is 0 Å². The van der Waals surface area contributed by atoms with Crippen LogP contribution in [0.25, 0.3) is 115 Å². The summed E-state index contributed by atoms with van der Waals surface area (Å²) in [5, 5.41) is 6.89. The van der Waals surface area contributed by atoms with Gasteiger partial charge in [-0.3, -0.25) is 4.57 Å². The summed E-state index contributed by atoms with van der Waals surface area (Å²) in [6, 6.07) is 63.8. The van der Waals surface area contributed by atoms with Gasteiger partial charge in [0.05, 0.1) is 15.7 Å². The standard InChI is InChI=1S/C51H30N4OS/c1-2-10-31(11-3-1)32-18-20-33(21-19-32)34-22-24-35(25-23-34)49-52-50(36-26-29-45-42(30-36)38-13-5-8-16-44(38)56-45)54-51(53-49)55-43-15-7-4-12-37(43)40-27-28-41-39-14-6-9-17-46(39)57-48(41)47(40)55/h1-30H. The molecule has 4 heterocycles. The second-order valence-electron chi connectivity index (χ2n) is 14.4. The van der Waals surface area contributed by atoms with Gasteiger partial charge in [0.25, 0.3) is 0 Å². The molecule has 6 heteroatoms. The number of hydrogen-bond acceptors (Lipinski definition) is 5. The van der Waals surface area contributed by atoms with Gasteiger partial charge in [-0.2, -0.15) is 9.97 Å². The van der Waals surface area contributed by atoms with Crippen LogP contribution in [0.5, 0.6) is 0 Å². The molecule has 8 aromatic carbocycles. The first-order valence-electron chi connectivity index (χ1n) is 19.0. The van der Waals surface area contributed by atoms with Gasteiger partial charge < -0.3 is 4.42 Å². The second kappa shape index (κ2) is 12.6. The molecule has 0 aliphatic rings. The number of fused-ring (bicyclic) bond motifs is 10. The van der Waals surface area contributed by atoms with Crippen molar-refractivity contribution in [3.63, 3.8) is 0 Å². The Morgan fingerprint density at radius 1 is 0.386 bits per heavy atom. The third kappa shape index (κ3) is 5.12. The Morgan fingerprint density at radius 3 is 1.72 bits per heavy atom. The minimum atomic E-state index is 0.573. The summed E-state index contributed by atoms with van der Waals surface area (Å²) >= 11 is 1.82. The highest BCUT2D eigenvalue weighted by Gasteiger charge is 2.21. The minimum Gasteiger partial charge on any atom is -0.456 e. The van der Waals surface area contributed by atoms with Gasteiger partial charge in [0.1, 0.15) is 11.2 Å². The lowest BCUT2D eigenvalue weighted by atomic mass is 9.99. The maximum Gasteiger partial charge on any atom is 0.238 e. The smallest absolute Gasteiger partial charge is 0.238 e. The van der Waals surface area contributed by atoms with Crippen LogP contribution in [-0.4, -0.2) is 19.5 Å². The van der Waals surface area contributed by atoms with E-state index >= 15 is 0 Å². The molecule has 12 aromatic rings. The van der Waals surface area contributed by atoms with Crippen molar-refractivity contribution in [2.24, 2.45) is 0 Å². The van der Waals surface area contributed by atoms with E-state index < -0.39 is 0 Å². The van der Waals surface area contributed by atoms with Crippen molar-refractivity contribution in [1.29, 1.82) is 0 Å². The van der Waals surface area contributed by atoms with Crippen LogP contribution in [0, 0.1) is 0 Å². The van der Waals surface area contributed by atoms with Gasteiger partial charge in [-0.1, -0.05) is 146 Å². The zero-order valence-corrected chi connectivity index (χ0v) is 31.2. The summed E-state index contributed by atoms with van der Waals surface area (Å²) in [7, 11) is 0. The fourth-order valence-electron chi connectivity index (χ4n) is 8.32. The first-order valence-corrected chi connectivity index (χ1v) is 19.8. The van der Waals surface area contributed by atoms with Crippen LogP contribution in [0.2, 0.25) is 0 Å². The van der Waals surface area contributed by atoms with E-state index in [0.29, 0.717) is 17.6 Å². The van der Waals surface area contributed by atoms with Crippen molar-refractivity contribution in [3.8, 4) is 51.0 Å². The van der Waals surface area contributed by atoms with E-state index in [-0.39, 0.29) is 0 Å². The first-order chi connectivity index (χ1) is 28.2. The van der Waals surface area contributed by atoms with Crippen LogP contribution in [0.4, 0.5) is 0 Å². The van der Waals surface area contributed by atoms with Crippen molar-refractivity contribution < 1.29 is 4.42 Å². The number of hydrogen-bond donors (Lipinski definition) is 0. The fraction of sp³-hybridized carbons (Fsp3) is 0.